The Bertz CT molecular complexity index is 1270. The number of furan rings is 1. The van der Waals surface area contributed by atoms with Gasteiger partial charge in [0.25, 0.3) is 5.91 Å². The topological polar surface area (TPSA) is 113 Å². The molecule has 8 nitrogen and oxygen atoms in total. The highest BCUT2D eigenvalue weighted by Gasteiger charge is 2.28. The molecule has 2 aromatic carbocycles. The molecule has 0 spiro atoms. The van der Waals surface area contributed by atoms with Crippen LogP contribution < -0.4 is 16.3 Å². The zero-order valence-corrected chi connectivity index (χ0v) is 19.2. The average Bonchev–Trinajstić information content (AvgIpc) is 3.18. The summed E-state index contributed by atoms with van der Waals surface area (Å²) in [6.45, 7) is 1.75. The molecule has 0 saturated heterocycles. The van der Waals surface area contributed by atoms with E-state index in [1.807, 2.05) is 30.3 Å². The van der Waals surface area contributed by atoms with E-state index in [0.29, 0.717) is 46.0 Å². The largest absolute Gasteiger partial charge is 0.455 e. The van der Waals surface area contributed by atoms with Crippen LogP contribution in [0.2, 0.25) is 5.02 Å². The summed E-state index contributed by atoms with van der Waals surface area (Å²) in [6.07, 6.45) is 2.17. The zero-order chi connectivity index (χ0) is 24.1. The molecule has 0 saturated carbocycles. The standard InChI is InChI=1S/C25H23ClN4O4/c1-15-22-19(27-29-24(32)17-9-5-10-18(26)14-17)11-6-12-20(22)34-23(15)25(33)30-28-21(31)13-16-7-3-2-4-8-16/h2-5,7-10,14H,6,11-13H2,1H3,(H,28,31)(H,29,32)(H,30,33)/b27-19+. The van der Waals surface area contributed by atoms with Gasteiger partial charge in [0.1, 0.15) is 5.76 Å². The van der Waals surface area contributed by atoms with Crippen LogP contribution in [0.5, 0.6) is 0 Å². The summed E-state index contributed by atoms with van der Waals surface area (Å²) < 4.78 is 5.81. The number of carbonyl (C=O) groups is 3. The van der Waals surface area contributed by atoms with Crippen molar-refractivity contribution >= 4 is 35.0 Å². The maximum absolute atomic E-state index is 12.7. The summed E-state index contributed by atoms with van der Waals surface area (Å²) in [5.74, 6) is -0.571. The lowest BCUT2D eigenvalue weighted by Crippen LogP contribution is -2.42. The fraction of sp³-hybridized carbons (Fsp3) is 0.200. The van der Waals surface area contributed by atoms with Gasteiger partial charge in [-0.15, -0.1) is 0 Å². The molecule has 174 valence electrons. The molecule has 0 bridgehead atoms. The third-order valence-corrected chi connectivity index (χ3v) is 5.67. The molecule has 3 aromatic rings. The molecule has 0 fully saturated rings. The van der Waals surface area contributed by atoms with Crippen molar-refractivity contribution in [1.29, 1.82) is 0 Å². The number of halogens is 1. The van der Waals surface area contributed by atoms with Gasteiger partial charge in [-0.25, -0.2) is 5.43 Å². The van der Waals surface area contributed by atoms with E-state index in [2.05, 4.69) is 21.4 Å². The van der Waals surface area contributed by atoms with Crippen molar-refractivity contribution in [2.45, 2.75) is 32.6 Å². The highest BCUT2D eigenvalue weighted by Crippen LogP contribution is 2.29. The smallest absolute Gasteiger partial charge is 0.305 e. The van der Waals surface area contributed by atoms with Gasteiger partial charge in [0.2, 0.25) is 5.91 Å². The van der Waals surface area contributed by atoms with Gasteiger partial charge in [0.15, 0.2) is 5.76 Å². The summed E-state index contributed by atoms with van der Waals surface area (Å²) >= 11 is 5.95. The van der Waals surface area contributed by atoms with E-state index in [9.17, 15) is 14.4 Å². The normalized spacial score (nSPS) is 13.8. The van der Waals surface area contributed by atoms with Crippen molar-refractivity contribution in [3.05, 3.63) is 93.4 Å². The molecule has 0 aliphatic heterocycles. The number of nitrogens with one attached hydrogen (secondary N) is 3. The Morgan fingerprint density at radius 1 is 1.00 bits per heavy atom. The number of carbonyl (C=O) groups excluding carboxylic acids is 3. The maximum Gasteiger partial charge on any atom is 0.305 e. The minimum absolute atomic E-state index is 0.0979. The predicted molar refractivity (Wildman–Crippen MR) is 128 cm³/mol. The second kappa shape index (κ2) is 10.4. The molecule has 1 aromatic heterocycles. The SMILES string of the molecule is Cc1c(C(=O)NNC(=O)Cc2ccccc2)oc2c1/C(=N/NC(=O)c1cccc(Cl)c1)CCC2. The maximum atomic E-state index is 12.7. The lowest BCUT2D eigenvalue weighted by atomic mass is 9.93. The van der Waals surface area contributed by atoms with Crippen LogP contribution in [0.25, 0.3) is 0 Å². The Balaban J connectivity index is 1.44. The first kappa shape index (κ1) is 23.3. The molecule has 1 aliphatic carbocycles. The molecule has 9 heteroatoms. The zero-order valence-electron chi connectivity index (χ0n) is 18.5. The van der Waals surface area contributed by atoms with Crippen molar-refractivity contribution < 1.29 is 18.8 Å². The highest BCUT2D eigenvalue weighted by molar-refractivity contribution is 6.31. The molecule has 0 atom stereocenters. The van der Waals surface area contributed by atoms with Crippen molar-refractivity contribution in [2.24, 2.45) is 5.10 Å². The van der Waals surface area contributed by atoms with Crippen molar-refractivity contribution in [3.63, 3.8) is 0 Å². The Morgan fingerprint density at radius 2 is 1.79 bits per heavy atom. The van der Waals surface area contributed by atoms with Crippen molar-refractivity contribution in [2.75, 3.05) is 0 Å². The molecule has 1 aliphatic rings. The molecular weight excluding hydrogens is 456 g/mol. The van der Waals surface area contributed by atoms with Crippen LogP contribution in [0.1, 0.15) is 56.2 Å². The summed E-state index contributed by atoms with van der Waals surface area (Å²) in [6, 6.07) is 15.8. The summed E-state index contributed by atoms with van der Waals surface area (Å²) in [7, 11) is 0. The quantitative estimate of drug-likeness (QED) is 0.485. The number of hydrogen-bond acceptors (Lipinski definition) is 5. The first-order chi connectivity index (χ1) is 16.4. The summed E-state index contributed by atoms with van der Waals surface area (Å²) in [5, 5.41) is 4.75. The predicted octanol–water partition coefficient (Wildman–Crippen LogP) is 3.72. The second-order valence-electron chi connectivity index (χ2n) is 7.88. The summed E-state index contributed by atoms with van der Waals surface area (Å²) in [5.41, 5.74) is 10.5. The number of hydrazone groups is 1. The van der Waals surface area contributed by atoms with Crippen LogP contribution in [0, 0.1) is 6.92 Å². The molecule has 0 radical (unpaired) electrons. The minimum Gasteiger partial charge on any atom is -0.455 e. The van der Waals surface area contributed by atoms with E-state index in [1.165, 1.54) is 0 Å². The van der Waals surface area contributed by atoms with Gasteiger partial charge in [0.05, 0.1) is 12.1 Å². The van der Waals surface area contributed by atoms with E-state index in [0.717, 1.165) is 12.0 Å². The first-order valence-electron chi connectivity index (χ1n) is 10.8. The molecule has 3 amide bonds. The number of fused-ring (bicyclic) bond motifs is 1. The molecule has 1 heterocycles. The Hall–Kier alpha value is -3.91. The number of nitrogens with zero attached hydrogens (tertiary/aromatic N) is 1. The van der Waals surface area contributed by atoms with Crippen molar-refractivity contribution in [3.8, 4) is 0 Å². The van der Waals surface area contributed by atoms with Crippen LogP contribution >= 0.6 is 11.6 Å². The molecule has 4 rings (SSSR count). The number of hydrazine groups is 1. The minimum atomic E-state index is -0.560. The lowest BCUT2D eigenvalue weighted by Gasteiger charge is -2.13. The van der Waals surface area contributed by atoms with Crippen LogP contribution in [-0.2, 0) is 17.6 Å². The highest BCUT2D eigenvalue weighted by atomic mass is 35.5. The van der Waals surface area contributed by atoms with E-state index in [4.69, 9.17) is 16.0 Å². The lowest BCUT2D eigenvalue weighted by molar-refractivity contribution is -0.121. The molecule has 3 N–H and O–H groups in total. The van der Waals surface area contributed by atoms with Crippen LogP contribution in [-0.4, -0.2) is 23.4 Å². The van der Waals surface area contributed by atoms with Gasteiger partial charge in [-0.1, -0.05) is 48.0 Å². The fourth-order valence-electron chi connectivity index (χ4n) is 3.82. The monoisotopic (exact) mass is 478 g/mol. The number of rotatable bonds is 5. The van der Waals surface area contributed by atoms with Crippen LogP contribution in [0.3, 0.4) is 0 Å². The van der Waals surface area contributed by atoms with Gasteiger partial charge in [0, 0.05) is 28.1 Å². The van der Waals surface area contributed by atoms with E-state index < -0.39 is 5.91 Å². The van der Waals surface area contributed by atoms with Gasteiger partial charge >= 0.3 is 5.91 Å². The van der Waals surface area contributed by atoms with E-state index in [1.54, 1.807) is 31.2 Å². The van der Waals surface area contributed by atoms with E-state index in [-0.39, 0.29) is 24.0 Å². The van der Waals surface area contributed by atoms with Gasteiger partial charge in [-0.05, 0) is 43.5 Å². The third-order valence-electron chi connectivity index (χ3n) is 5.43. The molecule has 0 unspecified atom stereocenters. The molecular formula is C25H23ClN4O4. The van der Waals surface area contributed by atoms with Gasteiger partial charge in [-0.2, -0.15) is 5.10 Å². The van der Waals surface area contributed by atoms with Crippen molar-refractivity contribution in [1.82, 2.24) is 16.3 Å². The summed E-state index contributed by atoms with van der Waals surface area (Å²) in [4.78, 5) is 37.3. The van der Waals surface area contributed by atoms with Crippen LogP contribution in [0.4, 0.5) is 0 Å². The Kier molecular flexibility index (Phi) is 7.08. The van der Waals surface area contributed by atoms with Gasteiger partial charge < -0.3 is 4.42 Å². The number of hydrogen-bond donors (Lipinski definition) is 3. The number of benzene rings is 2. The van der Waals surface area contributed by atoms with Gasteiger partial charge in [-0.3, -0.25) is 25.2 Å². The van der Waals surface area contributed by atoms with Crippen LogP contribution in [0.15, 0.2) is 64.1 Å². The average molecular weight is 479 g/mol. The van der Waals surface area contributed by atoms with E-state index >= 15 is 0 Å². The fourth-order valence-corrected chi connectivity index (χ4v) is 4.01. The Labute approximate surface area is 201 Å². The second-order valence-corrected chi connectivity index (χ2v) is 8.32. The first-order valence-corrected chi connectivity index (χ1v) is 11.2. The number of aryl methyl sites for hydroxylation is 1. The Morgan fingerprint density at radius 3 is 2.56 bits per heavy atom. The number of amides is 3. The third kappa shape index (κ3) is 5.35. The molecule has 34 heavy (non-hydrogen) atoms.